The van der Waals surface area contributed by atoms with E-state index >= 15 is 0 Å². The predicted molar refractivity (Wildman–Crippen MR) is 75.2 cm³/mol. The summed E-state index contributed by atoms with van der Waals surface area (Å²) in [7, 11) is 1.65. The van der Waals surface area contributed by atoms with E-state index in [1.165, 1.54) is 4.90 Å². The lowest BCUT2D eigenvalue weighted by atomic mass is 10.3. The van der Waals surface area contributed by atoms with Crippen LogP contribution >= 0.6 is 0 Å². The van der Waals surface area contributed by atoms with Crippen molar-refractivity contribution in [1.82, 2.24) is 4.90 Å². The van der Waals surface area contributed by atoms with Crippen molar-refractivity contribution < 1.29 is 19.1 Å². The molecular formula is C14H20N2O4. The molecule has 0 saturated carbocycles. The summed E-state index contributed by atoms with van der Waals surface area (Å²) in [6.45, 7) is 3.18. The minimum absolute atomic E-state index is 0.0570. The SMILES string of the molecule is CC(C)N(C)C(=O)COC(=O)COc1ccccc1N. The van der Waals surface area contributed by atoms with Crippen molar-refractivity contribution >= 4 is 17.6 Å². The second kappa shape index (κ2) is 7.37. The molecule has 0 aliphatic rings. The fraction of sp³-hybridized carbons (Fsp3) is 0.429. The van der Waals surface area contributed by atoms with Crippen molar-refractivity contribution in [2.45, 2.75) is 19.9 Å². The number of anilines is 1. The molecule has 0 aliphatic heterocycles. The van der Waals surface area contributed by atoms with Crippen molar-refractivity contribution in [2.24, 2.45) is 0 Å². The Balaban J connectivity index is 2.35. The molecule has 1 aromatic rings. The van der Waals surface area contributed by atoms with Crippen LogP contribution in [-0.2, 0) is 14.3 Å². The first-order valence-electron chi connectivity index (χ1n) is 6.30. The third-order valence-electron chi connectivity index (χ3n) is 2.79. The first kappa shape index (κ1) is 15.8. The van der Waals surface area contributed by atoms with Gasteiger partial charge in [0.2, 0.25) is 0 Å². The maximum Gasteiger partial charge on any atom is 0.344 e. The van der Waals surface area contributed by atoms with Gasteiger partial charge in [-0.25, -0.2) is 4.79 Å². The van der Waals surface area contributed by atoms with Gasteiger partial charge in [-0.1, -0.05) is 12.1 Å². The van der Waals surface area contributed by atoms with E-state index in [9.17, 15) is 9.59 Å². The molecule has 6 nitrogen and oxygen atoms in total. The topological polar surface area (TPSA) is 81.9 Å². The number of carbonyl (C=O) groups excluding carboxylic acids is 2. The van der Waals surface area contributed by atoms with Crippen molar-refractivity contribution in [2.75, 3.05) is 26.0 Å². The van der Waals surface area contributed by atoms with Crippen molar-refractivity contribution in [1.29, 1.82) is 0 Å². The normalized spacial score (nSPS) is 10.2. The van der Waals surface area contributed by atoms with E-state index < -0.39 is 5.97 Å². The largest absolute Gasteiger partial charge is 0.480 e. The van der Waals surface area contributed by atoms with Crippen LogP contribution in [0.25, 0.3) is 0 Å². The maximum atomic E-state index is 11.6. The van der Waals surface area contributed by atoms with Gasteiger partial charge in [0.15, 0.2) is 13.2 Å². The number of hydrogen-bond acceptors (Lipinski definition) is 5. The standard InChI is InChI=1S/C14H20N2O4/c1-10(2)16(3)13(17)8-20-14(18)9-19-12-7-5-4-6-11(12)15/h4-7,10H,8-9,15H2,1-3H3. The highest BCUT2D eigenvalue weighted by Crippen LogP contribution is 2.19. The third-order valence-corrected chi connectivity index (χ3v) is 2.79. The summed E-state index contributed by atoms with van der Waals surface area (Å²) < 4.78 is 10.1. The Bertz CT molecular complexity index is 474. The maximum absolute atomic E-state index is 11.6. The van der Waals surface area contributed by atoms with Crippen molar-refractivity contribution in [3.8, 4) is 5.75 Å². The average molecular weight is 280 g/mol. The smallest absolute Gasteiger partial charge is 0.344 e. The van der Waals surface area contributed by atoms with Gasteiger partial charge >= 0.3 is 5.97 Å². The number of likely N-dealkylation sites (N-methyl/N-ethyl adjacent to an activating group) is 1. The first-order valence-corrected chi connectivity index (χ1v) is 6.30. The molecule has 0 heterocycles. The molecule has 0 aromatic heterocycles. The number of benzene rings is 1. The van der Waals surface area contributed by atoms with Crippen LogP contribution in [0, 0.1) is 0 Å². The lowest BCUT2D eigenvalue weighted by Crippen LogP contribution is -2.36. The van der Waals surface area contributed by atoms with E-state index in [2.05, 4.69) is 0 Å². The summed E-state index contributed by atoms with van der Waals surface area (Å²) in [5, 5.41) is 0. The summed E-state index contributed by atoms with van der Waals surface area (Å²) in [6.07, 6.45) is 0. The molecule has 0 fully saturated rings. The monoisotopic (exact) mass is 280 g/mol. The summed E-state index contributed by atoms with van der Waals surface area (Å²) in [4.78, 5) is 24.6. The molecule has 110 valence electrons. The highest BCUT2D eigenvalue weighted by molar-refractivity contribution is 5.81. The second-order valence-electron chi connectivity index (χ2n) is 4.59. The number of ether oxygens (including phenoxy) is 2. The highest BCUT2D eigenvalue weighted by Gasteiger charge is 2.14. The van der Waals surface area contributed by atoms with Crippen LogP contribution in [0.4, 0.5) is 5.69 Å². The molecular weight excluding hydrogens is 260 g/mol. The van der Waals surface area contributed by atoms with Gasteiger partial charge in [0.25, 0.3) is 5.91 Å². The van der Waals surface area contributed by atoms with Crippen molar-refractivity contribution in [3.05, 3.63) is 24.3 Å². The first-order chi connectivity index (χ1) is 9.41. The van der Waals surface area contributed by atoms with E-state index in [-0.39, 0.29) is 25.2 Å². The zero-order valence-electron chi connectivity index (χ0n) is 12.0. The number of hydrogen-bond donors (Lipinski definition) is 1. The van der Waals surface area contributed by atoms with Crippen LogP contribution in [0.5, 0.6) is 5.75 Å². The summed E-state index contributed by atoms with van der Waals surface area (Å²) >= 11 is 0. The Morgan fingerprint density at radius 3 is 2.50 bits per heavy atom. The molecule has 0 spiro atoms. The van der Waals surface area contributed by atoms with Crippen LogP contribution < -0.4 is 10.5 Å². The lowest BCUT2D eigenvalue weighted by Gasteiger charge is -2.21. The summed E-state index contributed by atoms with van der Waals surface area (Å²) in [5.41, 5.74) is 6.10. The highest BCUT2D eigenvalue weighted by atomic mass is 16.6. The Morgan fingerprint density at radius 2 is 1.90 bits per heavy atom. The van der Waals surface area contributed by atoms with E-state index in [0.29, 0.717) is 11.4 Å². The molecule has 0 bridgehead atoms. The van der Waals surface area contributed by atoms with Crippen molar-refractivity contribution in [3.63, 3.8) is 0 Å². The predicted octanol–water partition coefficient (Wildman–Crippen LogP) is 1.06. The van der Waals surface area contributed by atoms with Crippen LogP contribution in [0.3, 0.4) is 0 Å². The minimum Gasteiger partial charge on any atom is -0.480 e. The van der Waals surface area contributed by atoms with Gasteiger partial charge in [-0.2, -0.15) is 0 Å². The van der Waals surface area contributed by atoms with Gasteiger partial charge in [0, 0.05) is 13.1 Å². The fourth-order valence-corrected chi connectivity index (χ4v) is 1.32. The summed E-state index contributed by atoms with van der Waals surface area (Å²) in [6, 6.07) is 6.89. The van der Waals surface area contributed by atoms with Crippen LogP contribution in [-0.4, -0.2) is 43.1 Å². The molecule has 1 amide bonds. The van der Waals surface area contributed by atoms with Gasteiger partial charge in [-0.3, -0.25) is 4.79 Å². The number of para-hydroxylation sites is 2. The number of amides is 1. The number of nitrogens with zero attached hydrogens (tertiary/aromatic N) is 1. The second-order valence-corrected chi connectivity index (χ2v) is 4.59. The molecule has 2 N–H and O–H groups in total. The molecule has 6 heteroatoms. The Morgan fingerprint density at radius 1 is 1.25 bits per heavy atom. The van der Waals surface area contributed by atoms with Gasteiger partial charge < -0.3 is 20.1 Å². The molecule has 20 heavy (non-hydrogen) atoms. The van der Waals surface area contributed by atoms with Crippen LogP contribution in [0.2, 0.25) is 0 Å². The van der Waals surface area contributed by atoms with Gasteiger partial charge in [0.05, 0.1) is 5.69 Å². The number of nitrogen functional groups attached to an aromatic ring is 1. The zero-order valence-corrected chi connectivity index (χ0v) is 12.0. The minimum atomic E-state index is -0.612. The fourth-order valence-electron chi connectivity index (χ4n) is 1.32. The van der Waals surface area contributed by atoms with E-state index in [4.69, 9.17) is 15.2 Å². The summed E-state index contributed by atoms with van der Waals surface area (Å²) in [5.74, 6) is -0.457. The number of nitrogens with two attached hydrogens (primary N) is 1. The molecule has 1 rings (SSSR count). The van der Waals surface area contributed by atoms with E-state index in [0.717, 1.165) is 0 Å². The molecule has 0 saturated heterocycles. The van der Waals surface area contributed by atoms with E-state index in [1.54, 1.807) is 31.3 Å². The molecule has 0 atom stereocenters. The van der Waals surface area contributed by atoms with Crippen LogP contribution in [0.15, 0.2) is 24.3 Å². The molecule has 0 aliphatic carbocycles. The molecule has 0 radical (unpaired) electrons. The van der Waals surface area contributed by atoms with Gasteiger partial charge in [0.1, 0.15) is 5.75 Å². The zero-order chi connectivity index (χ0) is 15.1. The van der Waals surface area contributed by atoms with Gasteiger partial charge in [-0.05, 0) is 26.0 Å². The Labute approximate surface area is 118 Å². The van der Waals surface area contributed by atoms with Crippen LogP contribution in [0.1, 0.15) is 13.8 Å². The Kier molecular flexibility index (Phi) is 5.83. The number of esters is 1. The quantitative estimate of drug-likeness (QED) is 0.622. The lowest BCUT2D eigenvalue weighted by molar-refractivity contribution is -0.153. The third kappa shape index (κ3) is 4.79. The molecule has 1 aromatic carbocycles. The Hall–Kier alpha value is -2.24. The van der Waals surface area contributed by atoms with E-state index in [1.807, 2.05) is 13.8 Å². The van der Waals surface area contributed by atoms with Gasteiger partial charge in [-0.15, -0.1) is 0 Å². The molecule has 0 unspecified atom stereocenters. The average Bonchev–Trinajstić information content (AvgIpc) is 2.42. The number of carbonyl (C=O) groups is 2. The number of rotatable bonds is 6.